The number of benzene rings is 1. The Bertz CT molecular complexity index is 664. The van der Waals surface area contributed by atoms with Crippen LogP contribution in [0.5, 0.6) is 0 Å². The highest BCUT2D eigenvalue weighted by Gasteiger charge is 2.25. The fraction of sp³-hybridized carbons (Fsp3) is 0.471. The lowest BCUT2D eigenvalue weighted by Crippen LogP contribution is -2.50. The molecule has 0 aliphatic carbocycles. The maximum absolute atomic E-state index is 12.1. The molecule has 5 nitrogen and oxygen atoms in total. The Balaban J connectivity index is 1.62. The molecular formula is C17H23N3O2. The standard InChI is InChI=1S/C17H23N3O2/c1-17(2,3)22-16(21)20-8-6-19(7-9-20)15-5-4-13-11-18-12-14(13)10-15/h4-5,10-12,18H,6-9H2,1-3H3. The average molecular weight is 301 g/mol. The maximum Gasteiger partial charge on any atom is 0.410 e. The number of aromatic amines is 1. The van der Waals surface area contributed by atoms with Gasteiger partial charge in [-0.1, -0.05) is 6.07 Å². The van der Waals surface area contributed by atoms with Crippen molar-refractivity contribution in [1.29, 1.82) is 0 Å². The van der Waals surface area contributed by atoms with Crippen LogP contribution in [0.2, 0.25) is 0 Å². The zero-order valence-corrected chi connectivity index (χ0v) is 13.4. The Labute approximate surface area is 130 Å². The molecule has 5 heteroatoms. The average Bonchev–Trinajstić information content (AvgIpc) is 2.93. The van der Waals surface area contributed by atoms with E-state index in [1.165, 1.54) is 16.5 Å². The number of ether oxygens (including phenoxy) is 1. The zero-order valence-electron chi connectivity index (χ0n) is 13.4. The molecule has 1 aliphatic rings. The Morgan fingerprint density at radius 2 is 1.77 bits per heavy atom. The van der Waals surface area contributed by atoms with E-state index in [0.717, 1.165) is 13.1 Å². The number of piperazine rings is 1. The molecule has 1 aromatic carbocycles. The second-order valence-electron chi connectivity index (χ2n) is 6.72. The molecule has 1 fully saturated rings. The van der Waals surface area contributed by atoms with Crippen LogP contribution in [-0.4, -0.2) is 47.8 Å². The van der Waals surface area contributed by atoms with Crippen molar-refractivity contribution in [3.63, 3.8) is 0 Å². The Morgan fingerprint density at radius 1 is 1.09 bits per heavy atom. The molecular weight excluding hydrogens is 278 g/mol. The number of nitrogens with one attached hydrogen (secondary N) is 1. The number of carbonyl (C=O) groups is 1. The van der Waals surface area contributed by atoms with Gasteiger partial charge in [-0.15, -0.1) is 0 Å². The van der Waals surface area contributed by atoms with Crippen molar-refractivity contribution in [3.05, 3.63) is 30.6 Å². The van der Waals surface area contributed by atoms with Gasteiger partial charge in [0.05, 0.1) is 0 Å². The fourth-order valence-corrected chi connectivity index (χ4v) is 2.71. The van der Waals surface area contributed by atoms with E-state index in [9.17, 15) is 4.79 Å². The minimum atomic E-state index is -0.437. The number of hydrogen-bond acceptors (Lipinski definition) is 3. The van der Waals surface area contributed by atoms with Gasteiger partial charge in [-0.2, -0.15) is 0 Å². The molecule has 1 amide bonds. The van der Waals surface area contributed by atoms with Gasteiger partial charge in [0.2, 0.25) is 0 Å². The molecule has 0 unspecified atom stereocenters. The van der Waals surface area contributed by atoms with Gasteiger partial charge in [0, 0.05) is 49.6 Å². The molecule has 118 valence electrons. The third-order valence-corrected chi connectivity index (χ3v) is 3.84. The van der Waals surface area contributed by atoms with E-state index in [1.807, 2.05) is 33.2 Å². The van der Waals surface area contributed by atoms with Gasteiger partial charge < -0.3 is 19.5 Å². The van der Waals surface area contributed by atoms with E-state index >= 15 is 0 Å². The van der Waals surface area contributed by atoms with Crippen molar-refractivity contribution >= 4 is 22.6 Å². The first-order valence-electron chi connectivity index (χ1n) is 7.72. The number of hydrogen-bond donors (Lipinski definition) is 1. The van der Waals surface area contributed by atoms with Gasteiger partial charge in [0.1, 0.15) is 5.60 Å². The van der Waals surface area contributed by atoms with Crippen LogP contribution in [0.4, 0.5) is 10.5 Å². The fourth-order valence-electron chi connectivity index (χ4n) is 2.71. The number of carbonyl (C=O) groups excluding carboxylic acids is 1. The summed E-state index contributed by atoms with van der Waals surface area (Å²) in [5.74, 6) is 0. The zero-order chi connectivity index (χ0) is 15.7. The first-order chi connectivity index (χ1) is 10.4. The third kappa shape index (κ3) is 3.18. The number of rotatable bonds is 1. The molecule has 0 bridgehead atoms. The minimum absolute atomic E-state index is 0.215. The summed E-state index contributed by atoms with van der Waals surface area (Å²) >= 11 is 0. The molecule has 3 rings (SSSR count). The van der Waals surface area contributed by atoms with Crippen LogP contribution in [-0.2, 0) is 4.74 Å². The van der Waals surface area contributed by atoms with Crippen LogP contribution in [0.25, 0.3) is 10.8 Å². The predicted octanol–water partition coefficient (Wildman–Crippen LogP) is 3.23. The lowest BCUT2D eigenvalue weighted by molar-refractivity contribution is 0.0240. The molecule has 1 N–H and O–H groups in total. The van der Waals surface area contributed by atoms with Crippen LogP contribution in [0.1, 0.15) is 20.8 Å². The summed E-state index contributed by atoms with van der Waals surface area (Å²) in [6, 6.07) is 6.45. The van der Waals surface area contributed by atoms with E-state index < -0.39 is 5.60 Å². The van der Waals surface area contributed by atoms with E-state index in [2.05, 4.69) is 28.1 Å². The summed E-state index contributed by atoms with van der Waals surface area (Å²) in [5, 5.41) is 2.43. The first kappa shape index (κ1) is 14.8. The normalized spacial score (nSPS) is 16.1. The summed E-state index contributed by atoms with van der Waals surface area (Å²) < 4.78 is 5.43. The van der Waals surface area contributed by atoms with Crippen LogP contribution in [0.15, 0.2) is 30.6 Å². The highest BCUT2D eigenvalue weighted by atomic mass is 16.6. The quantitative estimate of drug-likeness (QED) is 0.880. The van der Waals surface area contributed by atoms with Crippen LogP contribution in [0.3, 0.4) is 0 Å². The molecule has 1 aliphatic heterocycles. The number of fused-ring (bicyclic) bond motifs is 1. The summed E-state index contributed by atoms with van der Waals surface area (Å²) in [6.45, 7) is 8.73. The molecule has 1 aromatic heterocycles. The van der Waals surface area contributed by atoms with E-state index in [1.54, 1.807) is 4.90 Å². The van der Waals surface area contributed by atoms with Crippen molar-refractivity contribution in [2.24, 2.45) is 0 Å². The minimum Gasteiger partial charge on any atom is -0.444 e. The van der Waals surface area contributed by atoms with Gasteiger partial charge in [0.25, 0.3) is 0 Å². The van der Waals surface area contributed by atoms with Gasteiger partial charge >= 0.3 is 6.09 Å². The van der Waals surface area contributed by atoms with E-state index in [-0.39, 0.29) is 6.09 Å². The lowest BCUT2D eigenvalue weighted by atomic mass is 10.2. The molecule has 2 heterocycles. The van der Waals surface area contributed by atoms with E-state index in [4.69, 9.17) is 4.74 Å². The SMILES string of the molecule is CC(C)(C)OC(=O)N1CCN(c2ccc3c[nH]cc3c2)CC1. The van der Waals surface area contributed by atoms with Crippen LogP contribution < -0.4 is 4.90 Å². The molecule has 0 atom stereocenters. The Kier molecular flexibility index (Phi) is 3.72. The van der Waals surface area contributed by atoms with Gasteiger partial charge in [-0.05, 0) is 38.3 Å². The molecule has 2 aromatic rings. The third-order valence-electron chi connectivity index (χ3n) is 3.84. The monoisotopic (exact) mass is 301 g/mol. The predicted molar refractivity (Wildman–Crippen MR) is 88.3 cm³/mol. The van der Waals surface area contributed by atoms with Crippen molar-refractivity contribution in [2.75, 3.05) is 31.1 Å². The first-order valence-corrected chi connectivity index (χ1v) is 7.72. The number of nitrogens with zero attached hydrogens (tertiary/aromatic N) is 2. The largest absolute Gasteiger partial charge is 0.444 e. The molecule has 0 spiro atoms. The van der Waals surface area contributed by atoms with Crippen molar-refractivity contribution in [3.8, 4) is 0 Å². The van der Waals surface area contributed by atoms with Gasteiger partial charge in [-0.25, -0.2) is 4.79 Å². The summed E-state index contributed by atoms with van der Waals surface area (Å²) in [6.07, 6.45) is 3.79. The van der Waals surface area contributed by atoms with E-state index in [0.29, 0.717) is 13.1 Å². The van der Waals surface area contributed by atoms with Crippen LogP contribution >= 0.6 is 0 Å². The highest BCUT2D eigenvalue weighted by molar-refractivity contribution is 5.85. The van der Waals surface area contributed by atoms with Crippen molar-refractivity contribution < 1.29 is 9.53 Å². The number of amides is 1. The molecule has 1 saturated heterocycles. The lowest BCUT2D eigenvalue weighted by Gasteiger charge is -2.36. The van der Waals surface area contributed by atoms with Crippen molar-refractivity contribution in [2.45, 2.75) is 26.4 Å². The van der Waals surface area contributed by atoms with Crippen LogP contribution in [0, 0.1) is 0 Å². The second-order valence-corrected chi connectivity index (χ2v) is 6.72. The Hall–Kier alpha value is -2.17. The maximum atomic E-state index is 12.1. The second kappa shape index (κ2) is 5.55. The van der Waals surface area contributed by atoms with Gasteiger partial charge in [-0.3, -0.25) is 0 Å². The summed E-state index contributed by atoms with van der Waals surface area (Å²) in [4.78, 5) is 19.3. The van der Waals surface area contributed by atoms with Crippen molar-refractivity contribution in [1.82, 2.24) is 9.88 Å². The molecule has 0 radical (unpaired) electrons. The summed E-state index contributed by atoms with van der Waals surface area (Å²) in [7, 11) is 0. The smallest absolute Gasteiger partial charge is 0.410 e. The van der Waals surface area contributed by atoms with Gasteiger partial charge in [0.15, 0.2) is 0 Å². The highest BCUT2D eigenvalue weighted by Crippen LogP contribution is 2.23. The summed E-state index contributed by atoms with van der Waals surface area (Å²) in [5.41, 5.74) is 0.768. The number of aromatic nitrogens is 1. The number of anilines is 1. The number of H-pyrrole nitrogens is 1. The topological polar surface area (TPSA) is 48.6 Å². The molecule has 22 heavy (non-hydrogen) atoms. The Morgan fingerprint density at radius 3 is 2.45 bits per heavy atom. The molecule has 0 saturated carbocycles.